The van der Waals surface area contributed by atoms with E-state index in [-0.39, 0.29) is 0 Å². The molecule has 0 saturated carbocycles. The van der Waals surface area contributed by atoms with Crippen LogP contribution in [-0.2, 0) is 0 Å². The normalized spacial score (nSPS) is 9.64. The van der Waals surface area contributed by atoms with Crippen molar-refractivity contribution in [2.24, 2.45) is 0 Å². The van der Waals surface area contributed by atoms with E-state index in [0.717, 1.165) is 5.69 Å². The summed E-state index contributed by atoms with van der Waals surface area (Å²) < 4.78 is 0.706. The highest BCUT2D eigenvalue weighted by molar-refractivity contribution is 14.1. The van der Waals surface area contributed by atoms with E-state index < -0.39 is 5.97 Å². The quantitative estimate of drug-likeness (QED) is 0.784. The Hall–Kier alpha value is -0.650. The summed E-state index contributed by atoms with van der Waals surface area (Å²) in [7, 11) is 0. The number of carboxylic acids is 1. The summed E-state index contributed by atoms with van der Waals surface area (Å²) in [4.78, 5) is 14.5. The fraction of sp³-hybridized carbons (Fsp3) is 0.143. The standard InChI is InChI=1S/C7H6INO2/c1-4-6(8)5(7(10)11)2-3-9-4/h2-3H,1H3,(H,10,11). The third-order valence-electron chi connectivity index (χ3n) is 1.29. The molecule has 4 heteroatoms. The zero-order valence-corrected chi connectivity index (χ0v) is 7.99. The molecule has 0 unspecified atom stereocenters. The highest BCUT2D eigenvalue weighted by Gasteiger charge is 2.08. The Bertz CT molecular complexity index is 298. The molecule has 0 amide bonds. The van der Waals surface area contributed by atoms with Gasteiger partial charge in [-0.05, 0) is 35.6 Å². The SMILES string of the molecule is Cc1nccc(C(=O)O)c1I. The number of aromatic nitrogens is 1. The van der Waals surface area contributed by atoms with Crippen LogP contribution in [0.2, 0.25) is 0 Å². The molecule has 0 spiro atoms. The van der Waals surface area contributed by atoms with Gasteiger partial charge in [0.25, 0.3) is 0 Å². The van der Waals surface area contributed by atoms with E-state index in [2.05, 4.69) is 4.98 Å². The Morgan fingerprint density at radius 3 is 2.82 bits per heavy atom. The first-order valence-corrected chi connectivity index (χ1v) is 4.05. The summed E-state index contributed by atoms with van der Waals surface area (Å²) in [6, 6.07) is 1.50. The van der Waals surface area contributed by atoms with Crippen molar-refractivity contribution >= 4 is 28.6 Å². The molecule has 0 aliphatic heterocycles. The molecule has 1 aromatic heterocycles. The molecule has 0 aliphatic carbocycles. The van der Waals surface area contributed by atoms with Gasteiger partial charge in [0.2, 0.25) is 0 Å². The van der Waals surface area contributed by atoms with Crippen LogP contribution >= 0.6 is 22.6 Å². The molecule has 1 rings (SSSR count). The van der Waals surface area contributed by atoms with Crippen molar-refractivity contribution in [2.75, 3.05) is 0 Å². The first-order valence-electron chi connectivity index (χ1n) is 2.97. The summed E-state index contributed by atoms with van der Waals surface area (Å²) in [5, 5.41) is 8.66. The van der Waals surface area contributed by atoms with E-state index >= 15 is 0 Å². The van der Waals surface area contributed by atoms with E-state index in [4.69, 9.17) is 5.11 Å². The van der Waals surface area contributed by atoms with E-state index in [0.29, 0.717) is 9.13 Å². The molecule has 0 aliphatic rings. The molecular weight excluding hydrogens is 257 g/mol. The van der Waals surface area contributed by atoms with Crippen molar-refractivity contribution in [3.8, 4) is 0 Å². The maximum Gasteiger partial charge on any atom is 0.336 e. The zero-order valence-electron chi connectivity index (χ0n) is 5.84. The number of hydrogen-bond donors (Lipinski definition) is 1. The van der Waals surface area contributed by atoms with Crippen molar-refractivity contribution in [2.45, 2.75) is 6.92 Å². The Morgan fingerprint density at radius 2 is 2.36 bits per heavy atom. The number of aromatic carboxylic acids is 1. The predicted octanol–water partition coefficient (Wildman–Crippen LogP) is 1.69. The molecule has 0 aromatic carbocycles. The third kappa shape index (κ3) is 1.68. The van der Waals surface area contributed by atoms with Crippen LogP contribution in [0.1, 0.15) is 16.1 Å². The highest BCUT2D eigenvalue weighted by atomic mass is 127. The average molecular weight is 263 g/mol. The largest absolute Gasteiger partial charge is 0.478 e. The molecule has 0 fully saturated rings. The first-order chi connectivity index (χ1) is 5.13. The molecule has 0 bridgehead atoms. The van der Waals surface area contributed by atoms with Crippen molar-refractivity contribution in [3.63, 3.8) is 0 Å². The van der Waals surface area contributed by atoms with Crippen molar-refractivity contribution in [1.82, 2.24) is 4.98 Å². The summed E-state index contributed by atoms with van der Waals surface area (Å²) >= 11 is 1.98. The smallest absolute Gasteiger partial charge is 0.336 e. The lowest BCUT2D eigenvalue weighted by Gasteiger charge is -1.99. The fourth-order valence-electron chi connectivity index (χ4n) is 0.714. The summed E-state index contributed by atoms with van der Waals surface area (Å²) in [6.07, 6.45) is 1.50. The molecule has 58 valence electrons. The van der Waals surface area contributed by atoms with Gasteiger partial charge in [0.1, 0.15) is 0 Å². The maximum absolute atomic E-state index is 10.5. The number of carbonyl (C=O) groups is 1. The van der Waals surface area contributed by atoms with Crippen molar-refractivity contribution < 1.29 is 9.90 Å². The van der Waals surface area contributed by atoms with E-state index in [9.17, 15) is 4.79 Å². The number of nitrogens with zero attached hydrogens (tertiary/aromatic N) is 1. The Morgan fingerprint density at radius 1 is 1.73 bits per heavy atom. The number of halogens is 1. The number of carboxylic acid groups (broad SMARTS) is 1. The van der Waals surface area contributed by atoms with Gasteiger partial charge in [0, 0.05) is 9.77 Å². The molecule has 11 heavy (non-hydrogen) atoms. The summed E-state index contributed by atoms with van der Waals surface area (Å²) in [5.74, 6) is -0.903. The molecule has 1 N–H and O–H groups in total. The summed E-state index contributed by atoms with van der Waals surface area (Å²) in [5.41, 5.74) is 1.07. The second-order valence-corrected chi connectivity index (χ2v) is 3.14. The van der Waals surface area contributed by atoms with Crippen molar-refractivity contribution in [3.05, 3.63) is 27.1 Å². The van der Waals surface area contributed by atoms with Gasteiger partial charge in [-0.15, -0.1) is 0 Å². The maximum atomic E-state index is 10.5. The summed E-state index contributed by atoms with van der Waals surface area (Å²) in [6.45, 7) is 1.79. The van der Waals surface area contributed by atoms with Crippen LogP contribution in [0.25, 0.3) is 0 Å². The molecule has 0 atom stereocenters. The van der Waals surface area contributed by atoms with Gasteiger partial charge in [-0.25, -0.2) is 4.79 Å². The van der Waals surface area contributed by atoms with Crippen LogP contribution in [0, 0.1) is 10.5 Å². The molecule has 3 nitrogen and oxygen atoms in total. The average Bonchev–Trinajstić information content (AvgIpc) is 1.94. The lowest BCUT2D eigenvalue weighted by Crippen LogP contribution is -2.01. The molecule has 1 heterocycles. The topological polar surface area (TPSA) is 50.2 Å². The van der Waals surface area contributed by atoms with Crippen LogP contribution < -0.4 is 0 Å². The van der Waals surface area contributed by atoms with Gasteiger partial charge >= 0.3 is 5.97 Å². The van der Waals surface area contributed by atoms with Crippen LogP contribution in [0.15, 0.2) is 12.3 Å². The second-order valence-electron chi connectivity index (χ2n) is 2.06. The molecular formula is C7H6INO2. The van der Waals surface area contributed by atoms with Crippen LogP contribution in [-0.4, -0.2) is 16.1 Å². The lowest BCUT2D eigenvalue weighted by atomic mass is 10.2. The van der Waals surface area contributed by atoms with Crippen LogP contribution in [0.5, 0.6) is 0 Å². The number of hydrogen-bond acceptors (Lipinski definition) is 2. The Balaban J connectivity index is 3.27. The predicted molar refractivity (Wildman–Crippen MR) is 48.7 cm³/mol. The lowest BCUT2D eigenvalue weighted by molar-refractivity contribution is 0.0695. The third-order valence-corrected chi connectivity index (χ3v) is 2.66. The van der Waals surface area contributed by atoms with Crippen LogP contribution in [0.3, 0.4) is 0 Å². The van der Waals surface area contributed by atoms with Crippen molar-refractivity contribution in [1.29, 1.82) is 0 Å². The number of aryl methyl sites for hydroxylation is 1. The van der Waals surface area contributed by atoms with Gasteiger partial charge in [-0.1, -0.05) is 0 Å². The molecule has 1 aromatic rings. The minimum Gasteiger partial charge on any atom is -0.478 e. The number of pyridine rings is 1. The zero-order chi connectivity index (χ0) is 8.43. The van der Waals surface area contributed by atoms with Gasteiger partial charge in [0.15, 0.2) is 0 Å². The second kappa shape index (κ2) is 3.17. The molecule has 0 radical (unpaired) electrons. The van der Waals surface area contributed by atoms with E-state index in [1.54, 1.807) is 6.92 Å². The van der Waals surface area contributed by atoms with Gasteiger partial charge in [-0.2, -0.15) is 0 Å². The Labute approximate surface area is 77.6 Å². The van der Waals surface area contributed by atoms with E-state index in [1.165, 1.54) is 12.3 Å². The van der Waals surface area contributed by atoms with Crippen LogP contribution in [0.4, 0.5) is 0 Å². The fourth-order valence-corrected chi connectivity index (χ4v) is 1.26. The highest BCUT2D eigenvalue weighted by Crippen LogP contribution is 2.13. The van der Waals surface area contributed by atoms with Gasteiger partial charge < -0.3 is 5.11 Å². The minimum atomic E-state index is -0.903. The molecule has 0 saturated heterocycles. The monoisotopic (exact) mass is 263 g/mol. The number of rotatable bonds is 1. The van der Waals surface area contributed by atoms with E-state index in [1.807, 2.05) is 22.6 Å². The van der Waals surface area contributed by atoms with Gasteiger partial charge in [-0.3, -0.25) is 4.98 Å². The van der Waals surface area contributed by atoms with Gasteiger partial charge in [0.05, 0.1) is 11.3 Å². The first kappa shape index (κ1) is 8.45. The minimum absolute atomic E-state index is 0.318. The Kier molecular flexibility index (Phi) is 2.43.